The maximum Gasteiger partial charge on any atom is 0.167 e. The van der Waals surface area contributed by atoms with Gasteiger partial charge in [0.05, 0.1) is 0 Å². The molecule has 0 nitrogen and oxygen atoms in total. The zero-order chi connectivity index (χ0) is 11.0. The molecule has 15 heavy (non-hydrogen) atoms. The van der Waals surface area contributed by atoms with Crippen LogP contribution in [0.5, 0.6) is 0 Å². The SMILES string of the molecule is Cc1c(F)cc(-c2cccs2)c(F)c1F. The van der Waals surface area contributed by atoms with Gasteiger partial charge in [-0.3, -0.25) is 0 Å². The lowest BCUT2D eigenvalue weighted by atomic mass is 10.1. The Hall–Kier alpha value is -1.29. The summed E-state index contributed by atoms with van der Waals surface area (Å²) in [6.07, 6.45) is 0. The van der Waals surface area contributed by atoms with Crippen molar-refractivity contribution in [1.82, 2.24) is 0 Å². The van der Waals surface area contributed by atoms with E-state index in [1.54, 1.807) is 17.5 Å². The van der Waals surface area contributed by atoms with E-state index in [1.807, 2.05) is 0 Å². The van der Waals surface area contributed by atoms with Crippen molar-refractivity contribution in [3.8, 4) is 10.4 Å². The average molecular weight is 228 g/mol. The Labute approximate surface area is 89.0 Å². The first-order chi connectivity index (χ1) is 7.11. The van der Waals surface area contributed by atoms with Crippen molar-refractivity contribution in [2.24, 2.45) is 0 Å². The minimum Gasteiger partial charge on any atom is -0.207 e. The van der Waals surface area contributed by atoms with Crippen molar-refractivity contribution in [2.75, 3.05) is 0 Å². The van der Waals surface area contributed by atoms with Crippen molar-refractivity contribution in [1.29, 1.82) is 0 Å². The second kappa shape index (κ2) is 3.70. The highest BCUT2D eigenvalue weighted by Gasteiger charge is 2.17. The van der Waals surface area contributed by atoms with Crippen molar-refractivity contribution in [2.45, 2.75) is 6.92 Å². The molecule has 0 aliphatic rings. The fourth-order valence-corrected chi connectivity index (χ4v) is 2.03. The highest BCUT2D eigenvalue weighted by atomic mass is 32.1. The lowest BCUT2D eigenvalue weighted by Crippen LogP contribution is -1.96. The predicted octanol–water partition coefficient (Wildman–Crippen LogP) is 4.14. The molecule has 0 spiro atoms. The van der Waals surface area contributed by atoms with Crippen LogP contribution in [0.3, 0.4) is 0 Å². The van der Waals surface area contributed by atoms with Crippen LogP contribution in [0.2, 0.25) is 0 Å². The molecule has 0 unspecified atom stereocenters. The van der Waals surface area contributed by atoms with E-state index in [-0.39, 0.29) is 11.1 Å². The summed E-state index contributed by atoms with van der Waals surface area (Å²) in [6.45, 7) is 1.21. The standard InChI is InChI=1S/C11H7F3S/c1-6-8(12)5-7(11(14)10(6)13)9-3-2-4-15-9/h2-5H,1H3. The minimum absolute atomic E-state index is 0.0226. The highest BCUT2D eigenvalue weighted by molar-refractivity contribution is 7.13. The van der Waals surface area contributed by atoms with Crippen molar-refractivity contribution in [3.05, 3.63) is 46.6 Å². The maximum absolute atomic E-state index is 13.5. The summed E-state index contributed by atoms with van der Waals surface area (Å²) in [7, 11) is 0. The van der Waals surface area contributed by atoms with Crippen LogP contribution < -0.4 is 0 Å². The molecule has 4 heteroatoms. The van der Waals surface area contributed by atoms with Crippen LogP contribution in [0.15, 0.2) is 23.6 Å². The van der Waals surface area contributed by atoms with Crippen molar-refractivity contribution < 1.29 is 13.2 Å². The monoisotopic (exact) mass is 228 g/mol. The van der Waals surface area contributed by atoms with Crippen LogP contribution >= 0.6 is 11.3 Å². The third-order valence-corrected chi connectivity index (χ3v) is 3.08. The van der Waals surface area contributed by atoms with E-state index in [9.17, 15) is 13.2 Å². The van der Waals surface area contributed by atoms with E-state index >= 15 is 0 Å². The van der Waals surface area contributed by atoms with Gasteiger partial charge in [-0.05, 0) is 24.4 Å². The molecule has 0 atom stereocenters. The molecule has 1 aromatic carbocycles. The van der Waals surface area contributed by atoms with E-state index in [0.29, 0.717) is 4.88 Å². The smallest absolute Gasteiger partial charge is 0.167 e. The van der Waals surface area contributed by atoms with Crippen molar-refractivity contribution in [3.63, 3.8) is 0 Å². The third kappa shape index (κ3) is 1.65. The number of benzene rings is 1. The Morgan fingerprint density at radius 1 is 1.13 bits per heavy atom. The second-order valence-electron chi connectivity index (χ2n) is 3.14. The van der Waals surface area contributed by atoms with Gasteiger partial charge < -0.3 is 0 Å². The Bertz CT molecular complexity index is 489. The Morgan fingerprint density at radius 3 is 2.47 bits per heavy atom. The lowest BCUT2D eigenvalue weighted by Gasteiger charge is -2.05. The molecule has 2 aromatic rings. The molecule has 0 N–H and O–H groups in total. The van der Waals surface area contributed by atoms with E-state index < -0.39 is 17.5 Å². The van der Waals surface area contributed by atoms with Crippen LogP contribution in [0.4, 0.5) is 13.2 Å². The zero-order valence-corrected chi connectivity index (χ0v) is 8.67. The van der Waals surface area contributed by atoms with Gasteiger partial charge in [0.25, 0.3) is 0 Å². The molecular weight excluding hydrogens is 221 g/mol. The molecule has 1 aromatic heterocycles. The zero-order valence-electron chi connectivity index (χ0n) is 7.85. The molecule has 0 fully saturated rings. The largest absolute Gasteiger partial charge is 0.207 e. The van der Waals surface area contributed by atoms with Crippen LogP contribution in [-0.4, -0.2) is 0 Å². The normalized spacial score (nSPS) is 10.7. The van der Waals surface area contributed by atoms with Crippen LogP contribution in [0, 0.1) is 24.4 Å². The molecule has 78 valence electrons. The van der Waals surface area contributed by atoms with E-state index in [1.165, 1.54) is 18.3 Å². The maximum atomic E-state index is 13.5. The molecule has 0 aliphatic heterocycles. The molecule has 2 rings (SSSR count). The third-order valence-electron chi connectivity index (χ3n) is 2.17. The van der Waals surface area contributed by atoms with Gasteiger partial charge in [-0.25, -0.2) is 13.2 Å². The Balaban J connectivity index is 2.69. The van der Waals surface area contributed by atoms with Gasteiger partial charge in [-0.2, -0.15) is 0 Å². The molecule has 0 bridgehead atoms. The van der Waals surface area contributed by atoms with E-state index in [0.717, 1.165) is 6.07 Å². The first-order valence-electron chi connectivity index (χ1n) is 4.29. The Morgan fingerprint density at radius 2 is 1.87 bits per heavy atom. The summed E-state index contributed by atoms with van der Waals surface area (Å²) < 4.78 is 39.9. The minimum atomic E-state index is -1.11. The number of thiophene rings is 1. The number of hydrogen-bond acceptors (Lipinski definition) is 1. The number of halogens is 3. The van der Waals surface area contributed by atoms with Gasteiger partial charge in [-0.15, -0.1) is 11.3 Å². The van der Waals surface area contributed by atoms with Gasteiger partial charge in [0.15, 0.2) is 11.6 Å². The van der Waals surface area contributed by atoms with Crippen LogP contribution in [0.1, 0.15) is 5.56 Å². The molecule has 0 amide bonds. The molecule has 0 aliphatic carbocycles. The first-order valence-corrected chi connectivity index (χ1v) is 5.17. The fourth-order valence-electron chi connectivity index (χ4n) is 1.30. The quantitative estimate of drug-likeness (QED) is 0.643. The van der Waals surface area contributed by atoms with E-state index in [2.05, 4.69) is 0 Å². The number of hydrogen-bond donors (Lipinski definition) is 0. The topological polar surface area (TPSA) is 0 Å². The van der Waals surface area contributed by atoms with E-state index in [4.69, 9.17) is 0 Å². The van der Waals surface area contributed by atoms with Gasteiger partial charge in [0.2, 0.25) is 0 Å². The lowest BCUT2D eigenvalue weighted by molar-refractivity contribution is 0.489. The summed E-state index contributed by atoms with van der Waals surface area (Å²) in [6, 6.07) is 4.35. The van der Waals surface area contributed by atoms with Crippen LogP contribution in [-0.2, 0) is 0 Å². The van der Waals surface area contributed by atoms with Crippen molar-refractivity contribution >= 4 is 11.3 Å². The highest BCUT2D eigenvalue weighted by Crippen LogP contribution is 2.30. The van der Waals surface area contributed by atoms with Gasteiger partial charge in [-0.1, -0.05) is 6.07 Å². The Kier molecular flexibility index (Phi) is 2.52. The van der Waals surface area contributed by atoms with Gasteiger partial charge in [0, 0.05) is 16.0 Å². The number of rotatable bonds is 1. The molecule has 0 saturated carbocycles. The summed E-state index contributed by atoms with van der Waals surface area (Å²) in [4.78, 5) is 0.519. The fraction of sp³-hybridized carbons (Fsp3) is 0.0909. The summed E-state index contributed by atoms with van der Waals surface area (Å²) in [5.41, 5.74) is -0.307. The predicted molar refractivity (Wildman–Crippen MR) is 54.4 cm³/mol. The molecule has 0 radical (unpaired) electrons. The first kappa shape index (κ1) is 10.2. The molecular formula is C11H7F3S. The van der Waals surface area contributed by atoms with Gasteiger partial charge >= 0.3 is 0 Å². The average Bonchev–Trinajstić information content (AvgIpc) is 2.73. The molecule has 1 heterocycles. The summed E-state index contributed by atoms with van der Waals surface area (Å²) in [5.74, 6) is -2.83. The summed E-state index contributed by atoms with van der Waals surface area (Å²) in [5, 5.41) is 1.73. The second-order valence-corrected chi connectivity index (χ2v) is 4.08. The summed E-state index contributed by atoms with van der Waals surface area (Å²) >= 11 is 1.24. The molecule has 0 saturated heterocycles. The van der Waals surface area contributed by atoms with Gasteiger partial charge in [0.1, 0.15) is 5.82 Å². The van der Waals surface area contributed by atoms with Crippen LogP contribution in [0.25, 0.3) is 10.4 Å².